The monoisotopic (exact) mass is 417 g/mol. The first-order valence-electron chi connectivity index (χ1n) is 9.93. The minimum absolute atomic E-state index is 0.197. The second-order valence-electron chi connectivity index (χ2n) is 7.93. The van der Waals surface area contributed by atoms with Gasteiger partial charge >= 0.3 is 0 Å². The van der Waals surface area contributed by atoms with Gasteiger partial charge in [0.25, 0.3) is 5.91 Å². The van der Waals surface area contributed by atoms with Crippen molar-refractivity contribution in [1.29, 1.82) is 0 Å². The van der Waals surface area contributed by atoms with Crippen LogP contribution in [0, 0.1) is 18.8 Å². The summed E-state index contributed by atoms with van der Waals surface area (Å²) < 4.78 is 17.2. The number of hydrazine groups is 1. The van der Waals surface area contributed by atoms with E-state index >= 15 is 0 Å². The highest BCUT2D eigenvalue weighted by molar-refractivity contribution is 7.93. The minimum Gasteiger partial charge on any atom is -0.330 e. The molecule has 0 bridgehead atoms. The molecule has 156 valence electrons. The highest BCUT2D eigenvalue weighted by Crippen LogP contribution is 2.31. The number of piperidine rings is 1. The molecule has 3 aliphatic rings. The highest BCUT2D eigenvalue weighted by Gasteiger charge is 2.44. The third-order valence-corrected chi connectivity index (χ3v) is 7.46. The molecule has 3 unspecified atom stereocenters. The van der Waals surface area contributed by atoms with Gasteiger partial charge in [-0.25, -0.2) is 9.63 Å². The maximum absolute atomic E-state index is 13.1. The van der Waals surface area contributed by atoms with Crippen molar-refractivity contribution < 1.29 is 13.8 Å². The molecule has 0 radical (unpaired) electrons. The molecule has 2 fully saturated rings. The average Bonchev–Trinajstić information content (AvgIpc) is 3.12. The highest BCUT2D eigenvalue weighted by atomic mass is 32.2. The normalized spacial score (nSPS) is 26.9. The van der Waals surface area contributed by atoms with Crippen molar-refractivity contribution in [3.63, 3.8) is 0 Å². The number of hydrogen-bond acceptors (Lipinski definition) is 6. The van der Waals surface area contributed by atoms with E-state index < -0.39 is 27.7 Å². The van der Waals surface area contributed by atoms with E-state index in [4.69, 9.17) is 0 Å². The third-order valence-electron chi connectivity index (χ3n) is 5.79. The zero-order chi connectivity index (χ0) is 20.6. The molecule has 4 rings (SSSR count). The zero-order valence-electron chi connectivity index (χ0n) is 16.7. The Morgan fingerprint density at radius 2 is 1.90 bits per heavy atom. The van der Waals surface area contributed by atoms with Crippen LogP contribution >= 0.6 is 0 Å². The van der Waals surface area contributed by atoms with Crippen LogP contribution in [0.4, 0.5) is 0 Å². The maximum Gasteiger partial charge on any atom is 0.262 e. The fourth-order valence-electron chi connectivity index (χ4n) is 4.13. The molecule has 29 heavy (non-hydrogen) atoms. The number of aryl methyl sites for hydroxylation is 1. The Balaban J connectivity index is 1.56. The van der Waals surface area contributed by atoms with Crippen LogP contribution in [0.5, 0.6) is 0 Å². The second kappa shape index (κ2) is 7.89. The van der Waals surface area contributed by atoms with E-state index in [-0.39, 0.29) is 11.8 Å². The van der Waals surface area contributed by atoms with Crippen LogP contribution < -0.4 is 16.1 Å². The number of benzene rings is 1. The van der Waals surface area contributed by atoms with Crippen LogP contribution in [-0.4, -0.2) is 53.1 Å². The summed E-state index contributed by atoms with van der Waals surface area (Å²) in [6.07, 6.45) is 4.49. The number of allylic oxidation sites excluding steroid dienone is 1. The Hall–Kier alpha value is -2.23. The number of fused-ring (bicyclic) bond motifs is 1. The van der Waals surface area contributed by atoms with E-state index in [1.165, 1.54) is 6.26 Å². The van der Waals surface area contributed by atoms with Crippen molar-refractivity contribution in [2.24, 2.45) is 16.2 Å². The lowest BCUT2D eigenvalue weighted by Crippen LogP contribution is -2.55. The van der Waals surface area contributed by atoms with Crippen molar-refractivity contribution in [2.45, 2.75) is 30.8 Å². The average molecular weight is 418 g/mol. The molecule has 2 amide bonds. The van der Waals surface area contributed by atoms with E-state index in [1.807, 2.05) is 24.1 Å². The molecule has 0 aliphatic carbocycles. The fourth-order valence-corrected chi connectivity index (χ4v) is 5.36. The van der Waals surface area contributed by atoms with Crippen LogP contribution in [0.15, 0.2) is 45.3 Å². The first-order chi connectivity index (χ1) is 13.8. The van der Waals surface area contributed by atoms with E-state index in [9.17, 15) is 13.8 Å². The van der Waals surface area contributed by atoms with Crippen LogP contribution in [0.1, 0.15) is 18.4 Å². The molecular formula is C20H27N5O3S. The Labute approximate surface area is 171 Å². The van der Waals surface area contributed by atoms with Crippen molar-refractivity contribution in [3.8, 4) is 0 Å². The summed E-state index contributed by atoms with van der Waals surface area (Å²) in [5, 5.41) is 8.10. The first-order valence-corrected chi connectivity index (χ1v) is 11.9. The van der Waals surface area contributed by atoms with Gasteiger partial charge in [-0.15, -0.1) is 0 Å². The summed E-state index contributed by atoms with van der Waals surface area (Å²) in [6.45, 7) is 4.11. The summed E-state index contributed by atoms with van der Waals surface area (Å²) in [7, 11) is -2.86. The molecular weight excluding hydrogens is 390 g/mol. The SMILES string of the molecule is Cc1ccc(S(C)(=O)=NC(=O)C2CNN3C(C4CCNCC4)=CC(=O)NC23)cc1. The van der Waals surface area contributed by atoms with Gasteiger partial charge in [0, 0.05) is 35.4 Å². The minimum atomic E-state index is -2.86. The maximum atomic E-state index is 13.1. The van der Waals surface area contributed by atoms with Gasteiger partial charge in [-0.3, -0.25) is 14.6 Å². The molecule has 1 aromatic rings. The van der Waals surface area contributed by atoms with E-state index in [0.717, 1.165) is 37.2 Å². The standard InChI is InChI=1S/C20H27N5O3S/c1-13-3-5-15(6-4-13)29(2,28)24-20(27)16-12-22-25-17(11-18(26)23-19(16)25)14-7-9-21-10-8-14/h3-6,11,14,16,19,21-22H,7-10,12H2,1-2H3,(H,23,26). The number of carbonyl (C=O) groups is 2. The number of nitrogens with zero attached hydrogens (tertiary/aromatic N) is 2. The largest absolute Gasteiger partial charge is 0.330 e. The van der Waals surface area contributed by atoms with Crippen molar-refractivity contribution >= 4 is 21.5 Å². The van der Waals surface area contributed by atoms with Gasteiger partial charge in [0.15, 0.2) is 0 Å². The summed E-state index contributed by atoms with van der Waals surface area (Å²) in [5.41, 5.74) is 5.22. The molecule has 0 aromatic heterocycles. The Bertz CT molecular complexity index is 959. The van der Waals surface area contributed by atoms with Crippen LogP contribution in [0.25, 0.3) is 0 Å². The molecule has 2 saturated heterocycles. The smallest absolute Gasteiger partial charge is 0.262 e. The third kappa shape index (κ3) is 4.08. The van der Waals surface area contributed by atoms with Crippen LogP contribution in [0.3, 0.4) is 0 Å². The van der Waals surface area contributed by atoms with Crippen LogP contribution in [-0.2, 0) is 19.3 Å². The van der Waals surface area contributed by atoms with Crippen molar-refractivity contribution in [2.75, 3.05) is 25.9 Å². The molecule has 3 heterocycles. The number of carbonyl (C=O) groups excluding carboxylic acids is 2. The topological polar surface area (TPSA) is 103 Å². The molecule has 1 aromatic carbocycles. The zero-order valence-corrected chi connectivity index (χ0v) is 17.5. The summed E-state index contributed by atoms with van der Waals surface area (Å²) in [6, 6.07) is 7.20. The van der Waals surface area contributed by atoms with Gasteiger partial charge in [-0.1, -0.05) is 17.7 Å². The summed E-state index contributed by atoms with van der Waals surface area (Å²) >= 11 is 0. The van der Waals surface area contributed by atoms with Gasteiger partial charge in [0.1, 0.15) is 6.17 Å². The molecule has 0 saturated carbocycles. The number of hydrogen-bond donors (Lipinski definition) is 3. The van der Waals surface area contributed by atoms with Crippen molar-refractivity contribution in [1.82, 2.24) is 21.1 Å². The second-order valence-corrected chi connectivity index (χ2v) is 10.2. The van der Waals surface area contributed by atoms with Gasteiger partial charge in [0.2, 0.25) is 5.91 Å². The van der Waals surface area contributed by atoms with Gasteiger partial charge in [0.05, 0.1) is 15.6 Å². The molecule has 0 spiro atoms. The molecule has 9 heteroatoms. The first kappa shape index (κ1) is 20.1. The van der Waals surface area contributed by atoms with E-state index in [2.05, 4.69) is 20.4 Å². The van der Waals surface area contributed by atoms with Crippen LogP contribution in [0.2, 0.25) is 0 Å². The molecule has 3 N–H and O–H groups in total. The lowest BCUT2D eigenvalue weighted by molar-refractivity contribution is -0.124. The van der Waals surface area contributed by atoms with Crippen molar-refractivity contribution in [3.05, 3.63) is 41.6 Å². The summed E-state index contributed by atoms with van der Waals surface area (Å²) in [4.78, 5) is 25.8. The molecule has 8 nitrogen and oxygen atoms in total. The lowest BCUT2D eigenvalue weighted by atomic mass is 9.92. The van der Waals surface area contributed by atoms with E-state index in [0.29, 0.717) is 11.4 Å². The fraction of sp³-hybridized carbons (Fsp3) is 0.500. The molecule has 3 aliphatic heterocycles. The predicted molar refractivity (Wildman–Crippen MR) is 110 cm³/mol. The summed E-state index contributed by atoms with van der Waals surface area (Å²) in [5.74, 6) is -0.969. The van der Waals surface area contributed by atoms with Gasteiger partial charge < -0.3 is 10.6 Å². The quantitative estimate of drug-likeness (QED) is 0.671. The Morgan fingerprint density at radius 3 is 2.59 bits per heavy atom. The van der Waals surface area contributed by atoms with Gasteiger partial charge in [-0.2, -0.15) is 4.36 Å². The number of nitrogens with one attached hydrogen (secondary N) is 3. The van der Waals surface area contributed by atoms with E-state index in [1.54, 1.807) is 18.2 Å². The lowest BCUT2D eigenvalue weighted by Gasteiger charge is -2.38. The number of amides is 2. The predicted octanol–water partition coefficient (Wildman–Crippen LogP) is 0.754. The number of rotatable bonds is 3. The molecule has 3 atom stereocenters. The Morgan fingerprint density at radius 1 is 1.21 bits per heavy atom. The Kier molecular flexibility index (Phi) is 5.46. The van der Waals surface area contributed by atoms with Gasteiger partial charge in [-0.05, 0) is 45.0 Å².